The van der Waals surface area contributed by atoms with Crippen LogP contribution in [-0.4, -0.2) is 10.1 Å². The molecule has 0 radical (unpaired) electrons. The Morgan fingerprint density at radius 3 is 2.53 bits per heavy atom. The monoisotopic (exact) mass is 247 g/mol. The van der Waals surface area contributed by atoms with E-state index < -0.39 is 0 Å². The van der Waals surface area contributed by atoms with E-state index in [4.69, 9.17) is 0 Å². The van der Waals surface area contributed by atoms with Crippen molar-refractivity contribution in [2.75, 3.05) is 0 Å². The van der Waals surface area contributed by atoms with Crippen molar-refractivity contribution in [3.8, 4) is 5.75 Å². The van der Waals surface area contributed by atoms with Crippen LogP contribution in [0.4, 0.5) is 0 Å². The number of aromatic nitrogens is 1. The summed E-state index contributed by atoms with van der Waals surface area (Å²) in [6, 6.07) is 7.43. The van der Waals surface area contributed by atoms with Crippen molar-refractivity contribution in [3.63, 3.8) is 0 Å². The molecule has 0 fully saturated rings. The minimum Gasteiger partial charge on any atom is -0.508 e. The average Bonchev–Trinajstić information content (AvgIpc) is 2.69. The first kappa shape index (κ1) is 12.1. The van der Waals surface area contributed by atoms with Crippen LogP contribution in [-0.2, 0) is 11.8 Å². The molecule has 0 saturated heterocycles. The summed E-state index contributed by atoms with van der Waals surface area (Å²) in [6.45, 7) is 6.48. The molecule has 2 aromatic rings. The zero-order valence-corrected chi connectivity index (χ0v) is 11.2. The van der Waals surface area contributed by atoms with Crippen molar-refractivity contribution in [2.24, 2.45) is 0 Å². The summed E-state index contributed by atoms with van der Waals surface area (Å²) < 4.78 is 0. The molecule has 0 spiro atoms. The Balaban J connectivity index is 2.21. The van der Waals surface area contributed by atoms with E-state index in [2.05, 4.69) is 31.1 Å². The minimum absolute atomic E-state index is 0.0908. The number of hydrogen-bond donors (Lipinski definition) is 1. The van der Waals surface area contributed by atoms with E-state index >= 15 is 0 Å². The van der Waals surface area contributed by atoms with Crippen LogP contribution in [0.1, 0.15) is 37.0 Å². The predicted molar refractivity (Wildman–Crippen MR) is 71.7 cm³/mol. The van der Waals surface area contributed by atoms with Gasteiger partial charge in [-0.25, -0.2) is 4.98 Å². The molecule has 3 heteroatoms. The maximum absolute atomic E-state index is 9.72. The molecule has 0 saturated carbocycles. The molecule has 0 bridgehead atoms. The number of para-hydroxylation sites is 1. The Morgan fingerprint density at radius 1 is 1.24 bits per heavy atom. The van der Waals surface area contributed by atoms with Gasteiger partial charge in [0, 0.05) is 22.8 Å². The molecule has 0 unspecified atom stereocenters. The molecule has 1 aromatic carbocycles. The fraction of sp³-hybridized carbons (Fsp3) is 0.357. The molecule has 0 aliphatic rings. The molecule has 0 aliphatic carbocycles. The topological polar surface area (TPSA) is 33.1 Å². The summed E-state index contributed by atoms with van der Waals surface area (Å²) in [4.78, 5) is 4.63. The first-order valence-corrected chi connectivity index (χ1v) is 6.56. The SMILES string of the molecule is CC(C)(C)c1csc(Cc2ccccc2O)n1. The third-order valence-electron chi connectivity index (χ3n) is 2.65. The third-order valence-corrected chi connectivity index (χ3v) is 3.50. The second kappa shape index (κ2) is 4.49. The molecule has 90 valence electrons. The molecule has 0 amide bonds. The zero-order chi connectivity index (χ0) is 12.5. The number of aromatic hydroxyl groups is 1. The highest BCUT2D eigenvalue weighted by Gasteiger charge is 2.17. The van der Waals surface area contributed by atoms with Crippen LogP contribution in [0.3, 0.4) is 0 Å². The number of hydrogen-bond acceptors (Lipinski definition) is 3. The summed E-state index contributed by atoms with van der Waals surface area (Å²) in [7, 11) is 0. The lowest BCUT2D eigenvalue weighted by molar-refractivity contribution is 0.469. The highest BCUT2D eigenvalue weighted by Crippen LogP contribution is 2.26. The molecule has 1 heterocycles. The molecular formula is C14H17NOS. The van der Waals surface area contributed by atoms with E-state index in [-0.39, 0.29) is 5.41 Å². The fourth-order valence-corrected chi connectivity index (χ4v) is 2.60. The largest absolute Gasteiger partial charge is 0.508 e. The highest BCUT2D eigenvalue weighted by atomic mass is 32.1. The van der Waals surface area contributed by atoms with E-state index in [1.54, 1.807) is 17.4 Å². The van der Waals surface area contributed by atoms with Crippen molar-refractivity contribution >= 4 is 11.3 Å². The van der Waals surface area contributed by atoms with Crippen molar-refractivity contribution in [3.05, 3.63) is 45.9 Å². The van der Waals surface area contributed by atoms with Gasteiger partial charge in [-0.15, -0.1) is 11.3 Å². The van der Waals surface area contributed by atoms with Crippen LogP contribution in [0.5, 0.6) is 5.75 Å². The highest BCUT2D eigenvalue weighted by molar-refractivity contribution is 7.09. The first-order chi connectivity index (χ1) is 7.97. The summed E-state index contributed by atoms with van der Waals surface area (Å²) >= 11 is 1.66. The Kier molecular flexibility index (Phi) is 3.20. The van der Waals surface area contributed by atoms with E-state index in [0.29, 0.717) is 12.2 Å². The van der Waals surface area contributed by atoms with Gasteiger partial charge in [0.2, 0.25) is 0 Å². The number of phenolic OH excluding ortho intramolecular Hbond substituents is 1. The van der Waals surface area contributed by atoms with Crippen LogP contribution in [0.15, 0.2) is 29.6 Å². The maximum atomic E-state index is 9.72. The molecule has 2 nitrogen and oxygen atoms in total. The second-order valence-corrected chi connectivity index (χ2v) is 6.12. The summed E-state index contributed by atoms with van der Waals surface area (Å²) in [6.07, 6.45) is 0.702. The van der Waals surface area contributed by atoms with Gasteiger partial charge in [0.1, 0.15) is 5.75 Å². The Hall–Kier alpha value is -1.35. The van der Waals surface area contributed by atoms with Crippen molar-refractivity contribution < 1.29 is 5.11 Å². The van der Waals surface area contributed by atoms with E-state index in [1.165, 1.54) is 0 Å². The maximum Gasteiger partial charge on any atom is 0.119 e. The van der Waals surface area contributed by atoms with Gasteiger partial charge in [-0.05, 0) is 6.07 Å². The van der Waals surface area contributed by atoms with Crippen LogP contribution in [0.25, 0.3) is 0 Å². The number of thiazole rings is 1. The Labute approximate surface area is 106 Å². The van der Waals surface area contributed by atoms with Gasteiger partial charge < -0.3 is 5.11 Å². The van der Waals surface area contributed by atoms with Gasteiger partial charge in [-0.1, -0.05) is 39.0 Å². The van der Waals surface area contributed by atoms with Crippen LogP contribution >= 0.6 is 11.3 Å². The van der Waals surface area contributed by atoms with Gasteiger partial charge in [-0.2, -0.15) is 0 Å². The number of benzene rings is 1. The number of phenols is 1. The molecule has 1 N–H and O–H groups in total. The normalized spacial score (nSPS) is 11.7. The molecule has 0 atom stereocenters. The minimum atomic E-state index is 0.0908. The van der Waals surface area contributed by atoms with Crippen molar-refractivity contribution in [1.82, 2.24) is 4.98 Å². The summed E-state index contributed by atoms with van der Waals surface area (Å²) in [5, 5.41) is 12.9. The number of rotatable bonds is 2. The van der Waals surface area contributed by atoms with Crippen molar-refractivity contribution in [2.45, 2.75) is 32.6 Å². The van der Waals surface area contributed by atoms with E-state index in [9.17, 15) is 5.11 Å². The van der Waals surface area contributed by atoms with Gasteiger partial charge >= 0.3 is 0 Å². The standard InChI is InChI=1S/C14H17NOS/c1-14(2,3)12-9-17-13(15-12)8-10-6-4-5-7-11(10)16/h4-7,9,16H,8H2,1-3H3. The number of nitrogens with zero attached hydrogens (tertiary/aromatic N) is 1. The lowest BCUT2D eigenvalue weighted by Gasteiger charge is -2.14. The average molecular weight is 247 g/mol. The van der Waals surface area contributed by atoms with Gasteiger partial charge in [0.15, 0.2) is 0 Å². The van der Waals surface area contributed by atoms with Gasteiger partial charge in [0.05, 0.1) is 10.7 Å². The van der Waals surface area contributed by atoms with Gasteiger partial charge in [0.25, 0.3) is 0 Å². The van der Waals surface area contributed by atoms with Crippen LogP contribution in [0.2, 0.25) is 0 Å². The first-order valence-electron chi connectivity index (χ1n) is 5.68. The smallest absolute Gasteiger partial charge is 0.119 e. The van der Waals surface area contributed by atoms with Crippen molar-refractivity contribution in [1.29, 1.82) is 0 Å². The molecular weight excluding hydrogens is 230 g/mol. The Bertz CT molecular complexity index is 511. The molecule has 0 aliphatic heterocycles. The van der Waals surface area contributed by atoms with Crippen LogP contribution in [0, 0.1) is 0 Å². The molecule has 1 aromatic heterocycles. The predicted octanol–water partition coefficient (Wildman–Crippen LogP) is 3.74. The third kappa shape index (κ3) is 2.86. The molecule has 17 heavy (non-hydrogen) atoms. The summed E-state index contributed by atoms with van der Waals surface area (Å²) in [5.41, 5.74) is 2.14. The van der Waals surface area contributed by atoms with Gasteiger partial charge in [-0.3, -0.25) is 0 Å². The second-order valence-electron chi connectivity index (χ2n) is 5.18. The lowest BCUT2D eigenvalue weighted by Crippen LogP contribution is -2.11. The lowest BCUT2D eigenvalue weighted by atomic mass is 9.93. The zero-order valence-electron chi connectivity index (χ0n) is 10.4. The molecule has 2 rings (SSSR count). The quantitative estimate of drug-likeness (QED) is 0.877. The van der Waals surface area contributed by atoms with Crippen LogP contribution < -0.4 is 0 Å². The van der Waals surface area contributed by atoms with E-state index in [1.807, 2.05) is 18.2 Å². The Morgan fingerprint density at radius 2 is 1.94 bits per heavy atom. The summed E-state index contributed by atoms with van der Waals surface area (Å²) in [5.74, 6) is 0.347. The fourth-order valence-electron chi connectivity index (χ4n) is 1.56. The van der Waals surface area contributed by atoms with E-state index in [0.717, 1.165) is 16.3 Å².